The third-order valence-electron chi connectivity index (χ3n) is 8.13. The molecule has 2 aliphatic rings. The van der Waals surface area contributed by atoms with E-state index in [4.69, 9.17) is 9.84 Å². The summed E-state index contributed by atoms with van der Waals surface area (Å²) in [5.74, 6) is -0.484. The first-order valence-electron chi connectivity index (χ1n) is 13.8. The topological polar surface area (TPSA) is 100 Å². The molecular formula is C30H32F3N3O5S. The number of benzene rings is 2. The van der Waals surface area contributed by atoms with Gasteiger partial charge >= 0.3 is 12.3 Å². The molecule has 5 rings (SSSR count). The summed E-state index contributed by atoms with van der Waals surface area (Å²) in [7, 11) is -4.22. The summed E-state index contributed by atoms with van der Waals surface area (Å²) < 4.78 is 75.3. The highest BCUT2D eigenvalue weighted by molar-refractivity contribution is 7.88. The maximum atomic E-state index is 14.0. The summed E-state index contributed by atoms with van der Waals surface area (Å²) in [6.45, 7) is 1.76. The number of ether oxygens (including phenoxy) is 1. The van der Waals surface area contributed by atoms with Crippen LogP contribution in [0.3, 0.4) is 0 Å². The third kappa shape index (κ3) is 6.87. The van der Waals surface area contributed by atoms with Crippen molar-refractivity contribution in [2.75, 3.05) is 24.5 Å². The van der Waals surface area contributed by atoms with Crippen LogP contribution in [0.15, 0.2) is 67.0 Å². The van der Waals surface area contributed by atoms with Crippen molar-refractivity contribution in [3.8, 4) is 5.75 Å². The minimum atomic E-state index is -4.69. The lowest BCUT2D eigenvalue weighted by Gasteiger charge is -2.35. The molecule has 224 valence electrons. The van der Waals surface area contributed by atoms with Crippen LogP contribution >= 0.6 is 0 Å². The van der Waals surface area contributed by atoms with E-state index in [0.717, 1.165) is 43.2 Å². The summed E-state index contributed by atoms with van der Waals surface area (Å²) in [6, 6.07) is 12.8. The van der Waals surface area contributed by atoms with Gasteiger partial charge in [0.15, 0.2) is 0 Å². The Kier molecular flexibility index (Phi) is 8.74. The van der Waals surface area contributed by atoms with Gasteiger partial charge in [0.2, 0.25) is 10.0 Å². The molecule has 42 heavy (non-hydrogen) atoms. The molecule has 2 heterocycles. The van der Waals surface area contributed by atoms with Crippen LogP contribution in [0.2, 0.25) is 0 Å². The molecule has 8 nitrogen and oxygen atoms in total. The molecule has 0 spiro atoms. The van der Waals surface area contributed by atoms with Crippen LogP contribution in [0.4, 0.5) is 23.7 Å². The molecule has 1 saturated heterocycles. The Bertz CT molecular complexity index is 1510. The molecule has 1 atom stereocenters. The fraction of sp³-hybridized carbons (Fsp3) is 0.400. The van der Waals surface area contributed by atoms with E-state index in [1.807, 2.05) is 12.1 Å². The number of halogens is 3. The molecule has 1 aliphatic carbocycles. The zero-order chi connectivity index (χ0) is 29.9. The van der Waals surface area contributed by atoms with Gasteiger partial charge in [0.25, 0.3) is 0 Å². The summed E-state index contributed by atoms with van der Waals surface area (Å²) in [6.07, 6.45) is 0.562. The highest BCUT2D eigenvalue weighted by Gasteiger charge is 2.39. The number of hydrogen-bond acceptors (Lipinski definition) is 6. The number of aromatic nitrogens is 1. The maximum absolute atomic E-state index is 14.0. The monoisotopic (exact) mass is 603 g/mol. The predicted octanol–water partition coefficient (Wildman–Crippen LogP) is 6.28. The van der Waals surface area contributed by atoms with E-state index < -0.39 is 39.7 Å². The Balaban J connectivity index is 1.39. The summed E-state index contributed by atoms with van der Waals surface area (Å²) >= 11 is 0. The van der Waals surface area contributed by atoms with E-state index in [1.165, 1.54) is 34.6 Å². The van der Waals surface area contributed by atoms with Crippen molar-refractivity contribution in [1.82, 2.24) is 9.29 Å². The second kappa shape index (κ2) is 12.3. The van der Waals surface area contributed by atoms with Crippen molar-refractivity contribution in [3.05, 3.63) is 89.2 Å². The van der Waals surface area contributed by atoms with Crippen molar-refractivity contribution >= 4 is 21.9 Å². The van der Waals surface area contributed by atoms with Gasteiger partial charge in [-0.1, -0.05) is 24.3 Å². The number of fused-ring (bicyclic) bond motifs is 1. The highest BCUT2D eigenvalue weighted by Crippen LogP contribution is 2.41. The molecule has 0 amide bonds. The number of piperidine rings is 1. The van der Waals surface area contributed by atoms with Crippen molar-refractivity contribution in [3.63, 3.8) is 0 Å². The van der Waals surface area contributed by atoms with E-state index in [1.54, 1.807) is 18.5 Å². The zero-order valence-electron chi connectivity index (χ0n) is 22.8. The Labute approximate surface area is 242 Å². The van der Waals surface area contributed by atoms with Crippen LogP contribution in [0, 0.1) is 5.92 Å². The number of rotatable bonds is 9. The first-order valence-corrected chi connectivity index (χ1v) is 15.5. The van der Waals surface area contributed by atoms with Gasteiger partial charge in [-0.3, -0.25) is 4.98 Å². The number of hydrogen-bond donors (Lipinski definition) is 1. The molecule has 1 fully saturated rings. The first-order chi connectivity index (χ1) is 20.0. The first kappa shape index (κ1) is 29.8. The summed E-state index contributed by atoms with van der Waals surface area (Å²) in [5, 5.41) is 9.07. The van der Waals surface area contributed by atoms with Crippen LogP contribution in [0.5, 0.6) is 5.75 Å². The normalized spacial score (nSPS) is 17.8. The van der Waals surface area contributed by atoms with Gasteiger partial charge in [0.1, 0.15) is 5.75 Å². The van der Waals surface area contributed by atoms with Crippen molar-refractivity contribution in [2.24, 2.45) is 5.92 Å². The van der Waals surface area contributed by atoms with Gasteiger partial charge in [-0.2, -0.15) is 17.5 Å². The second-order valence-corrected chi connectivity index (χ2v) is 12.7. The van der Waals surface area contributed by atoms with Crippen LogP contribution in [0.1, 0.15) is 54.0 Å². The minimum Gasteiger partial charge on any atom is -0.449 e. The van der Waals surface area contributed by atoms with E-state index >= 15 is 0 Å². The van der Waals surface area contributed by atoms with Gasteiger partial charge < -0.3 is 14.7 Å². The number of alkyl halides is 3. The molecule has 1 N–H and O–H groups in total. The molecule has 2 aromatic carbocycles. The molecule has 0 bridgehead atoms. The predicted molar refractivity (Wildman–Crippen MR) is 151 cm³/mol. The van der Waals surface area contributed by atoms with Crippen molar-refractivity contribution in [1.29, 1.82) is 0 Å². The Morgan fingerprint density at radius 2 is 1.76 bits per heavy atom. The number of carboxylic acid groups (broad SMARTS) is 1. The van der Waals surface area contributed by atoms with Gasteiger partial charge in [-0.05, 0) is 85.0 Å². The summed E-state index contributed by atoms with van der Waals surface area (Å²) in [5.41, 5.74) is 1.29. The van der Waals surface area contributed by atoms with Gasteiger partial charge in [0.05, 0.1) is 17.4 Å². The van der Waals surface area contributed by atoms with Crippen molar-refractivity contribution in [2.45, 2.75) is 50.1 Å². The zero-order valence-corrected chi connectivity index (χ0v) is 23.7. The van der Waals surface area contributed by atoms with E-state index in [2.05, 4.69) is 9.88 Å². The largest absolute Gasteiger partial charge is 0.511 e. The average molecular weight is 604 g/mol. The van der Waals surface area contributed by atoms with Crippen LogP contribution in [0.25, 0.3) is 0 Å². The molecule has 1 aliphatic heterocycles. The Hall–Kier alpha value is -3.64. The van der Waals surface area contributed by atoms with Gasteiger partial charge in [0, 0.05) is 37.7 Å². The highest BCUT2D eigenvalue weighted by atomic mass is 32.2. The fourth-order valence-electron chi connectivity index (χ4n) is 6.06. The molecule has 1 aromatic heterocycles. The quantitative estimate of drug-likeness (QED) is 0.227. The number of pyridine rings is 1. The number of nitrogens with zero attached hydrogens (tertiary/aromatic N) is 3. The molecule has 3 aromatic rings. The van der Waals surface area contributed by atoms with Gasteiger partial charge in [-0.15, -0.1) is 0 Å². The van der Waals surface area contributed by atoms with Crippen molar-refractivity contribution < 1.29 is 36.2 Å². The van der Waals surface area contributed by atoms with E-state index in [9.17, 15) is 26.4 Å². The lowest BCUT2D eigenvalue weighted by atomic mass is 9.93. The average Bonchev–Trinajstić information content (AvgIpc) is 3.36. The number of aryl methyl sites for hydroxylation is 1. The standard InChI is InChI=1S/C30H32F3N3O5S/c31-30(32,33)27-4-2-1-3-23(27)20-42(39,40)36(28-8-6-22-5-7-25(19-26(22)28)41-29(37)38)18-13-21-11-16-35(17-12-21)24-9-14-34-15-10-24/h1-5,7,9-10,14-15,19,21,28H,6,8,11-13,16-18,20H2,(H,37,38). The second-order valence-electron chi connectivity index (χ2n) is 10.7. The van der Waals surface area contributed by atoms with Crippen LogP contribution in [-0.2, 0) is 28.4 Å². The Morgan fingerprint density at radius 1 is 1.05 bits per heavy atom. The molecule has 0 radical (unpaired) electrons. The lowest BCUT2D eigenvalue weighted by Crippen LogP contribution is -2.39. The SMILES string of the molecule is O=C(O)Oc1ccc2c(c1)C(N(CCC1CCN(c3ccncc3)CC1)S(=O)(=O)Cc1ccccc1C(F)(F)F)CC2. The molecule has 0 saturated carbocycles. The third-order valence-corrected chi connectivity index (χ3v) is 9.96. The lowest BCUT2D eigenvalue weighted by molar-refractivity contribution is -0.138. The Morgan fingerprint density at radius 3 is 2.45 bits per heavy atom. The number of anilines is 1. The number of sulfonamides is 1. The van der Waals surface area contributed by atoms with E-state index in [-0.39, 0.29) is 23.8 Å². The molecule has 1 unspecified atom stereocenters. The molecule has 12 heteroatoms. The minimum absolute atomic E-state index is 0.0661. The van der Waals surface area contributed by atoms with Crippen LogP contribution < -0.4 is 9.64 Å². The van der Waals surface area contributed by atoms with Gasteiger partial charge in [-0.25, -0.2) is 13.2 Å². The number of carbonyl (C=O) groups is 1. The van der Waals surface area contributed by atoms with E-state index in [0.29, 0.717) is 24.8 Å². The fourth-order valence-corrected chi connectivity index (χ4v) is 7.86. The smallest absolute Gasteiger partial charge is 0.449 e. The van der Waals surface area contributed by atoms with Crippen LogP contribution in [-0.4, -0.2) is 48.6 Å². The maximum Gasteiger partial charge on any atom is 0.511 e. The molecular weight excluding hydrogens is 571 g/mol. The summed E-state index contributed by atoms with van der Waals surface area (Å²) in [4.78, 5) is 17.4.